The third-order valence-electron chi connectivity index (χ3n) is 1.43. The number of carbonyl (C=O) groups excluding carboxylic acids is 1. The zero-order valence-electron chi connectivity index (χ0n) is 6.76. The summed E-state index contributed by atoms with van der Waals surface area (Å²) < 4.78 is 0. The van der Waals surface area contributed by atoms with Crippen LogP contribution < -0.4 is 10.4 Å². The van der Waals surface area contributed by atoms with Crippen molar-refractivity contribution in [2.24, 2.45) is 5.92 Å². The largest absolute Gasteiger partial charge is 0.544 e. The molecule has 60 valence electrons. The average molecular weight is 145 g/mol. The van der Waals surface area contributed by atoms with Gasteiger partial charge in [0, 0.05) is 6.42 Å². The highest BCUT2D eigenvalue weighted by atomic mass is 16.4. The minimum absolute atomic E-state index is 0.375. The Morgan fingerprint density at radius 2 is 2.10 bits per heavy atom. The van der Waals surface area contributed by atoms with Gasteiger partial charge in [-0.25, -0.2) is 0 Å². The van der Waals surface area contributed by atoms with Gasteiger partial charge in [0.05, 0.1) is 13.0 Å². The van der Waals surface area contributed by atoms with E-state index in [4.69, 9.17) is 0 Å². The lowest BCUT2D eigenvalue weighted by molar-refractivity contribution is -0.659. The lowest BCUT2D eigenvalue weighted by Crippen LogP contribution is -2.89. The molecule has 0 aromatic rings. The number of nitrogens with two attached hydrogens (primary N) is 1. The molecule has 3 heteroatoms. The molecule has 0 aliphatic carbocycles. The number of hydrogen-bond donors (Lipinski definition) is 1. The number of carbonyl (C=O) groups is 1. The summed E-state index contributed by atoms with van der Waals surface area (Å²) in [5.41, 5.74) is 0. The van der Waals surface area contributed by atoms with Crippen molar-refractivity contribution in [2.75, 3.05) is 7.05 Å². The van der Waals surface area contributed by atoms with Crippen LogP contribution in [0.4, 0.5) is 0 Å². The maximum Gasteiger partial charge on any atom is 0.126 e. The third kappa shape index (κ3) is 3.45. The third-order valence-corrected chi connectivity index (χ3v) is 1.43. The second-order valence-corrected chi connectivity index (χ2v) is 2.89. The van der Waals surface area contributed by atoms with Crippen LogP contribution in [0.5, 0.6) is 0 Å². The van der Waals surface area contributed by atoms with E-state index in [1.54, 1.807) is 12.4 Å². The number of aliphatic carboxylic acids is 1. The summed E-state index contributed by atoms with van der Waals surface area (Å²) in [4.78, 5) is 10.3. The highest BCUT2D eigenvalue weighted by Gasteiger charge is 2.11. The van der Waals surface area contributed by atoms with E-state index in [0.717, 1.165) is 0 Å². The number of rotatable bonds is 4. The summed E-state index contributed by atoms with van der Waals surface area (Å²) in [5, 5.41) is 12.0. The van der Waals surface area contributed by atoms with Gasteiger partial charge in [-0.15, -0.1) is 0 Å². The molecule has 0 radical (unpaired) electrons. The second kappa shape index (κ2) is 4.28. The van der Waals surface area contributed by atoms with Gasteiger partial charge in [0.2, 0.25) is 0 Å². The molecule has 0 aliphatic rings. The first-order valence-electron chi connectivity index (χ1n) is 3.58. The molecule has 2 N–H and O–H groups in total. The smallest absolute Gasteiger partial charge is 0.126 e. The molecule has 0 rings (SSSR count). The summed E-state index contributed by atoms with van der Waals surface area (Å²) in [7, 11) is 1.75. The fraction of sp³-hybridized carbons (Fsp3) is 0.857. The van der Waals surface area contributed by atoms with E-state index < -0.39 is 5.97 Å². The summed E-state index contributed by atoms with van der Waals surface area (Å²) in [6.07, 6.45) is 0.679. The van der Waals surface area contributed by atoms with Crippen molar-refractivity contribution >= 4 is 5.97 Å². The molecule has 0 spiro atoms. The van der Waals surface area contributed by atoms with Gasteiger partial charge in [0.15, 0.2) is 0 Å². The van der Waals surface area contributed by atoms with E-state index in [0.29, 0.717) is 12.3 Å². The van der Waals surface area contributed by atoms with E-state index >= 15 is 0 Å². The van der Waals surface area contributed by atoms with Crippen molar-refractivity contribution in [3.05, 3.63) is 0 Å². The Morgan fingerprint density at radius 1 is 1.60 bits per heavy atom. The van der Waals surface area contributed by atoms with E-state index in [-0.39, 0.29) is 6.04 Å². The van der Waals surface area contributed by atoms with Crippen LogP contribution in [0.25, 0.3) is 0 Å². The van der Waals surface area contributed by atoms with Gasteiger partial charge < -0.3 is 15.2 Å². The molecule has 0 amide bonds. The van der Waals surface area contributed by atoms with Gasteiger partial charge in [0.25, 0.3) is 0 Å². The number of quaternary nitrogens is 1. The molecular formula is C7H15NO2. The van der Waals surface area contributed by atoms with Crippen LogP contribution >= 0.6 is 0 Å². The number of carboxylic acid groups (broad SMARTS) is 1. The summed E-state index contributed by atoms with van der Waals surface area (Å²) >= 11 is 0. The number of hydrogen-bond acceptors (Lipinski definition) is 2. The maximum atomic E-state index is 10.3. The highest BCUT2D eigenvalue weighted by Crippen LogP contribution is 2.00. The van der Waals surface area contributed by atoms with Crippen LogP contribution in [0.15, 0.2) is 0 Å². The summed E-state index contributed by atoms with van der Waals surface area (Å²) in [6.45, 7) is 4.00. The molecule has 0 heterocycles. The Kier molecular flexibility index (Phi) is 4.03. The second-order valence-electron chi connectivity index (χ2n) is 2.89. The molecule has 3 nitrogen and oxygen atoms in total. The van der Waals surface area contributed by atoms with Crippen molar-refractivity contribution in [3.63, 3.8) is 0 Å². The van der Waals surface area contributed by atoms with Crippen molar-refractivity contribution in [1.29, 1.82) is 0 Å². The van der Waals surface area contributed by atoms with Gasteiger partial charge in [-0.05, 0) is 5.92 Å². The Hall–Kier alpha value is -0.570. The predicted octanol–water partition coefficient (Wildman–Crippen LogP) is -1.66. The van der Waals surface area contributed by atoms with Crippen molar-refractivity contribution in [1.82, 2.24) is 0 Å². The minimum atomic E-state index is -0.962. The lowest BCUT2D eigenvalue weighted by atomic mass is 10.0. The molecule has 0 bridgehead atoms. The molecule has 10 heavy (non-hydrogen) atoms. The monoisotopic (exact) mass is 145 g/mol. The van der Waals surface area contributed by atoms with Crippen molar-refractivity contribution in [3.8, 4) is 0 Å². The summed E-state index contributed by atoms with van der Waals surface area (Å²) in [5.74, 6) is -0.546. The first-order valence-corrected chi connectivity index (χ1v) is 3.58. The van der Waals surface area contributed by atoms with Gasteiger partial charge >= 0.3 is 0 Å². The minimum Gasteiger partial charge on any atom is -0.544 e. The van der Waals surface area contributed by atoms with E-state index in [2.05, 4.69) is 0 Å². The molecule has 0 fully saturated rings. The van der Waals surface area contributed by atoms with Crippen LogP contribution in [0.2, 0.25) is 0 Å². The van der Waals surface area contributed by atoms with E-state index in [9.17, 15) is 9.90 Å². The van der Waals surface area contributed by atoms with Gasteiger partial charge in [-0.3, -0.25) is 0 Å². The first-order chi connectivity index (χ1) is 4.57. The number of likely N-dealkylation sites (N-methyl/N-ethyl adjacent to an activating group) is 1. The molecule has 0 unspecified atom stereocenters. The van der Waals surface area contributed by atoms with Crippen LogP contribution in [-0.4, -0.2) is 19.1 Å². The molecule has 0 aliphatic heterocycles. The Morgan fingerprint density at radius 3 is 2.20 bits per heavy atom. The van der Waals surface area contributed by atoms with Crippen LogP contribution in [0.1, 0.15) is 20.3 Å². The molecule has 0 aromatic heterocycles. The molecule has 0 saturated heterocycles. The zero-order chi connectivity index (χ0) is 8.15. The van der Waals surface area contributed by atoms with Crippen LogP contribution in [0.3, 0.4) is 0 Å². The fourth-order valence-corrected chi connectivity index (χ4v) is 0.876. The molecule has 0 saturated carbocycles. The van der Waals surface area contributed by atoms with E-state index in [1.165, 1.54) is 0 Å². The zero-order valence-corrected chi connectivity index (χ0v) is 6.76. The lowest BCUT2D eigenvalue weighted by Gasteiger charge is -2.15. The maximum absolute atomic E-state index is 10.3. The van der Waals surface area contributed by atoms with Crippen LogP contribution in [0, 0.1) is 5.92 Å². The van der Waals surface area contributed by atoms with Crippen molar-refractivity contribution < 1.29 is 15.2 Å². The summed E-state index contributed by atoms with van der Waals surface area (Å²) in [6, 6.07) is -0.375. The topological polar surface area (TPSA) is 56.7 Å². The van der Waals surface area contributed by atoms with Crippen molar-refractivity contribution in [2.45, 2.75) is 26.3 Å². The Balaban J connectivity index is 3.72. The standard InChI is InChI=1S/C7H15NO2/c1-5(2)4-6(8-3)7(9)10/h5-6,8H,4H2,1-3H3,(H,9,10)/t6-/m1/s1. The first kappa shape index (κ1) is 9.43. The van der Waals surface area contributed by atoms with Gasteiger partial charge in [-0.1, -0.05) is 13.8 Å². The number of carboxylic acids is 1. The van der Waals surface area contributed by atoms with Gasteiger partial charge in [-0.2, -0.15) is 0 Å². The normalized spacial score (nSPS) is 13.6. The molecule has 1 atom stereocenters. The predicted molar refractivity (Wildman–Crippen MR) is 36.1 cm³/mol. The van der Waals surface area contributed by atoms with E-state index in [1.807, 2.05) is 13.8 Å². The Labute approximate surface area is 61.4 Å². The highest BCUT2D eigenvalue weighted by molar-refractivity contribution is 5.69. The molecule has 0 aromatic carbocycles. The van der Waals surface area contributed by atoms with Gasteiger partial charge in [0.1, 0.15) is 6.04 Å². The molecular weight excluding hydrogens is 130 g/mol. The SMILES string of the molecule is C[NH2+][C@H](CC(C)C)C(=O)[O-]. The fourth-order valence-electron chi connectivity index (χ4n) is 0.876. The Bertz CT molecular complexity index is 112. The average Bonchev–Trinajstić information content (AvgIpc) is 1.81. The van der Waals surface area contributed by atoms with Crippen LogP contribution in [-0.2, 0) is 4.79 Å². The quantitative estimate of drug-likeness (QED) is 0.515.